The molecule has 0 spiro atoms. The summed E-state index contributed by atoms with van der Waals surface area (Å²) in [5.74, 6) is 1.99. The summed E-state index contributed by atoms with van der Waals surface area (Å²) >= 11 is 0. The van der Waals surface area contributed by atoms with Gasteiger partial charge in [-0.25, -0.2) is 4.98 Å². The molecule has 2 aromatic carbocycles. The van der Waals surface area contributed by atoms with Crippen LogP contribution in [0.5, 0.6) is 5.75 Å². The molecule has 0 bridgehead atoms. The fraction of sp³-hybridized carbons (Fsp3) is 0.364. The summed E-state index contributed by atoms with van der Waals surface area (Å²) in [6.07, 6.45) is 4.42. The van der Waals surface area contributed by atoms with Gasteiger partial charge in [-0.15, -0.1) is 0 Å². The van der Waals surface area contributed by atoms with Gasteiger partial charge >= 0.3 is 0 Å². The zero-order valence-corrected chi connectivity index (χ0v) is 15.9. The molecule has 0 atom stereocenters. The van der Waals surface area contributed by atoms with E-state index in [0.29, 0.717) is 13.2 Å². The van der Waals surface area contributed by atoms with E-state index in [-0.39, 0.29) is 0 Å². The number of aryl methyl sites for hydroxylation is 3. The Balaban J connectivity index is 1.59. The highest BCUT2D eigenvalue weighted by Gasteiger charge is 2.10. The maximum absolute atomic E-state index is 10.4. The van der Waals surface area contributed by atoms with E-state index < -0.39 is 0 Å². The number of hydrogen-bond acceptors (Lipinski definition) is 3. The van der Waals surface area contributed by atoms with Crippen molar-refractivity contribution >= 4 is 17.4 Å². The Labute approximate surface area is 160 Å². The first kappa shape index (κ1) is 19.0. The second-order valence-electron chi connectivity index (χ2n) is 6.54. The topological polar surface area (TPSA) is 56.1 Å². The van der Waals surface area contributed by atoms with E-state index >= 15 is 0 Å². The number of carbonyl (C=O) groups excluding carboxylic acids is 1. The molecule has 3 rings (SSSR count). The van der Waals surface area contributed by atoms with Crippen LogP contribution in [0.15, 0.2) is 48.5 Å². The summed E-state index contributed by atoms with van der Waals surface area (Å²) in [5.41, 5.74) is 3.50. The molecule has 5 nitrogen and oxygen atoms in total. The molecule has 0 saturated carbocycles. The Hall–Kier alpha value is -2.82. The summed E-state index contributed by atoms with van der Waals surface area (Å²) in [6.45, 7) is 4.36. The third-order valence-corrected chi connectivity index (χ3v) is 4.66. The number of hydrogen-bond donors (Lipinski definition) is 1. The number of fused-ring (bicyclic) bond motifs is 1. The fourth-order valence-electron chi connectivity index (χ4n) is 3.21. The molecule has 1 amide bonds. The minimum absolute atomic E-state index is 0.670. The predicted octanol–water partition coefficient (Wildman–Crippen LogP) is 3.75. The lowest BCUT2D eigenvalue weighted by molar-refractivity contribution is -0.109. The van der Waals surface area contributed by atoms with Crippen LogP contribution in [0.2, 0.25) is 0 Å². The Morgan fingerprint density at radius 1 is 1.11 bits per heavy atom. The lowest BCUT2D eigenvalue weighted by atomic mass is 10.2. The van der Waals surface area contributed by atoms with E-state index in [1.165, 1.54) is 5.56 Å². The molecular formula is C22H27N3O2. The zero-order chi connectivity index (χ0) is 18.9. The Morgan fingerprint density at radius 3 is 2.70 bits per heavy atom. The minimum Gasteiger partial charge on any atom is -0.494 e. The van der Waals surface area contributed by atoms with Crippen LogP contribution in [0.25, 0.3) is 11.0 Å². The van der Waals surface area contributed by atoms with Crippen molar-refractivity contribution in [3.8, 4) is 5.75 Å². The molecule has 5 heteroatoms. The Bertz CT molecular complexity index is 856. The Morgan fingerprint density at radius 2 is 1.93 bits per heavy atom. The molecule has 27 heavy (non-hydrogen) atoms. The van der Waals surface area contributed by atoms with Crippen molar-refractivity contribution in [3.63, 3.8) is 0 Å². The van der Waals surface area contributed by atoms with E-state index in [1.54, 1.807) is 0 Å². The molecule has 3 aromatic rings. The SMILES string of the molecule is CCc1ccc(OCCCn2c(CCCNC=O)nc3ccccc32)cc1. The smallest absolute Gasteiger partial charge is 0.207 e. The monoisotopic (exact) mass is 365 g/mol. The number of ether oxygens (including phenoxy) is 1. The van der Waals surface area contributed by atoms with Gasteiger partial charge in [-0.1, -0.05) is 31.2 Å². The molecule has 0 radical (unpaired) electrons. The fourth-order valence-corrected chi connectivity index (χ4v) is 3.21. The van der Waals surface area contributed by atoms with Crippen LogP contribution in [0, 0.1) is 0 Å². The van der Waals surface area contributed by atoms with Gasteiger partial charge in [0.05, 0.1) is 17.6 Å². The Kier molecular flexibility index (Phi) is 6.85. The first-order valence-corrected chi connectivity index (χ1v) is 9.64. The number of amides is 1. The summed E-state index contributed by atoms with van der Waals surface area (Å²) < 4.78 is 8.16. The number of aromatic nitrogens is 2. The van der Waals surface area contributed by atoms with Crippen LogP contribution in [0.1, 0.15) is 31.2 Å². The van der Waals surface area contributed by atoms with E-state index in [2.05, 4.69) is 35.0 Å². The highest BCUT2D eigenvalue weighted by atomic mass is 16.5. The second kappa shape index (κ2) is 9.76. The van der Waals surface area contributed by atoms with Gasteiger partial charge in [-0.3, -0.25) is 4.79 Å². The van der Waals surface area contributed by atoms with Crippen LogP contribution >= 0.6 is 0 Å². The molecule has 0 fully saturated rings. The summed E-state index contributed by atoms with van der Waals surface area (Å²) in [7, 11) is 0. The van der Waals surface area contributed by atoms with Crippen LogP contribution in [0.3, 0.4) is 0 Å². The van der Waals surface area contributed by atoms with Crippen molar-refractivity contribution in [3.05, 3.63) is 59.9 Å². The standard InChI is InChI=1S/C22H27N3O2/c1-2-18-10-12-19(13-11-18)27-16-6-15-25-21-8-4-3-7-20(21)24-22(25)9-5-14-23-17-26/h3-4,7-8,10-13,17H,2,5-6,9,14-16H2,1H3,(H,23,26). The van der Waals surface area contributed by atoms with Gasteiger partial charge in [0.15, 0.2) is 0 Å². The molecule has 0 unspecified atom stereocenters. The number of nitrogens with zero attached hydrogens (tertiary/aromatic N) is 2. The molecule has 1 N–H and O–H groups in total. The average Bonchev–Trinajstić information content (AvgIpc) is 3.06. The average molecular weight is 365 g/mol. The van der Waals surface area contributed by atoms with Crippen LogP contribution < -0.4 is 10.1 Å². The summed E-state index contributed by atoms with van der Waals surface area (Å²) in [4.78, 5) is 15.2. The maximum atomic E-state index is 10.4. The minimum atomic E-state index is 0.670. The number of para-hydroxylation sites is 2. The molecule has 0 aliphatic carbocycles. The zero-order valence-electron chi connectivity index (χ0n) is 15.9. The van der Waals surface area contributed by atoms with Crippen molar-refractivity contribution in [2.24, 2.45) is 0 Å². The van der Waals surface area contributed by atoms with Gasteiger partial charge in [0.2, 0.25) is 6.41 Å². The lowest BCUT2D eigenvalue weighted by Gasteiger charge is -2.11. The molecule has 1 heterocycles. The summed E-state index contributed by atoms with van der Waals surface area (Å²) in [5, 5.41) is 2.71. The molecule has 0 aliphatic rings. The highest BCUT2D eigenvalue weighted by Crippen LogP contribution is 2.18. The predicted molar refractivity (Wildman–Crippen MR) is 108 cm³/mol. The van der Waals surface area contributed by atoms with Gasteiger partial charge in [0.25, 0.3) is 0 Å². The number of benzene rings is 2. The third kappa shape index (κ3) is 5.09. The quantitative estimate of drug-likeness (QED) is 0.416. The molecule has 142 valence electrons. The van der Waals surface area contributed by atoms with E-state index in [0.717, 1.165) is 61.2 Å². The van der Waals surface area contributed by atoms with Crippen molar-refractivity contribution in [2.45, 2.75) is 39.2 Å². The van der Waals surface area contributed by atoms with Crippen LogP contribution in [0.4, 0.5) is 0 Å². The van der Waals surface area contributed by atoms with Gasteiger partial charge in [0.1, 0.15) is 11.6 Å². The van der Waals surface area contributed by atoms with Gasteiger partial charge in [-0.05, 0) is 49.1 Å². The third-order valence-electron chi connectivity index (χ3n) is 4.66. The normalized spacial score (nSPS) is 10.9. The first-order chi connectivity index (χ1) is 13.3. The van der Waals surface area contributed by atoms with Gasteiger partial charge < -0.3 is 14.6 Å². The molecule has 0 saturated heterocycles. The van der Waals surface area contributed by atoms with Crippen molar-refractivity contribution < 1.29 is 9.53 Å². The van der Waals surface area contributed by atoms with Gasteiger partial charge in [0, 0.05) is 19.5 Å². The van der Waals surface area contributed by atoms with E-state index in [9.17, 15) is 4.79 Å². The van der Waals surface area contributed by atoms with Crippen molar-refractivity contribution in [1.82, 2.24) is 14.9 Å². The second-order valence-corrected chi connectivity index (χ2v) is 6.54. The van der Waals surface area contributed by atoms with Crippen molar-refractivity contribution in [2.75, 3.05) is 13.2 Å². The largest absolute Gasteiger partial charge is 0.494 e. The molecule has 0 aliphatic heterocycles. The van der Waals surface area contributed by atoms with Crippen molar-refractivity contribution in [1.29, 1.82) is 0 Å². The number of rotatable bonds is 11. The van der Waals surface area contributed by atoms with Gasteiger partial charge in [-0.2, -0.15) is 0 Å². The van der Waals surface area contributed by atoms with E-state index in [4.69, 9.17) is 9.72 Å². The lowest BCUT2D eigenvalue weighted by Crippen LogP contribution is -2.14. The molecule has 1 aromatic heterocycles. The molecular weight excluding hydrogens is 338 g/mol. The van der Waals surface area contributed by atoms with Crippen LogP contribution in [-0.4, -0.2) is 29.1 Å². The first-order valence-electron chi connectivity index (χ1n) is 9.64. The summed E-state index contributed by atoms with van der Waals surface area (Å²) in [6, 6.07) is 16.5. The van der Waals surface area contributed by atoms with Crippen LogP contribution in [-0.2, 0) is 24.2 Å². The van der Waals surface area contributed by atoms with E-state index in [1.807, 2.05) is 30.3 Å². The highest BCUT2D eigenvalue weighted by molar-refractivity contribution is 5.75. The number of imidazole rings is 1. The maximum Gasteiger partial charge on any atom is 0.207 e. The number of carbonyl (C=O) groups is 1. The number of nitrogens with one attached hydrogen (secondary N) is 1.